The van der Waals surface area contributed by atoms with E-state index >= 15 is 0 Å². The van der Waals surface area contributed by atoms with Gasteiger partial charge in [-0.3, -0.25) is 4.90 Å². The average Bonchev–Trinajstić information content (AvgIpc) is 2.34. The number of nitrogens with two attached hydrogens (primary N) is 1. The van der Waals surface area contributed by atoms with Crippen molar-refractivity contribution in [1.29, 1.82) is 0 Å². The zero-order chi connectivity index (χ0) is 13.0. The molecule has 0 aromatic heterocycles. The molecule has 1 aromatic rings. The summed E-state index contributed by atoms with van der Waals surface area (Å²) < 4.78 is 5.64. The number of ether oxygens (including phenoxy) is 1. The molecule has 2 N–H and O–H groups in total. The number of nitrogens with zero attached hydrogens (tertiary/aromatic N) is 1. The van der Waals surface area contributed by atoms with E-state index in [2.05, 4.69) is 29.2 Å². The first-order valence-corrected chi connectivity index (χ1v) is 6.87. The molecule has 0 aliphatic carbocycles. The summed E-state index contributed by atoms with van der Waals surface area (Å²) in [5.74, 6) is 0.953. The monoisotopic (exact) mass is 248 g/mol. The van der Waals surface area contributed by atoms with Gasteiger partial charge in [0.1, 0.15) is 5.75 Å². The van der Waals surface area contributed by atoms with E-state index in [1.54, 1.807) is 0 Å². The van der Waals surface area contributed by atoms with Crippen molar-refractivity contribution in [3.05, 3.63) is 29.8 Å². The minimum absolute atomic E-state index is 0.236. The first-order chi connectivity index (χ1) is 8.63. The van der Waals surface area contributed by atoms with Crippen LogP contribution in [0.25, 0.3) is 0 Å². The van der Waals surface area contributed by atoms with Crippen LogP contribution in [0.4, 0.5) is 0 Å². The zero-order valence-electron chi connectivity index (χ0n) is 11.4. The van der Waals surface area contributed by atoms with Crippen molar-refractivity contribution in [2.24, 2.45) is 5.73 Å². The summed E-state index contributed by atoms with van der Waals surface area (Å²) in [5.41, 5.74) is 7.26. The fourth-order valence-electron chi connectivity index (χ4n) is 2.31. The van der Waals surface area contributed by atoms with E-state index in [0.29, 0.717) is 6.04 Å². The summed E-state index contributed by atoms with van der Waals surface area (Å²) in [5, 5.41) is 0. The van der Waals surface area contributed by atoms with Crippen molar-refractivity contribution in [1.82, 2.24) is 4.90 Å². The highest BCUT2D eigenvalue weighted by Gasteiger charge is 2.15. The number of hydrogen-bond acceptors (Lipinski definition) is 3. The maximum atomic E-state index is 5.91. The third-order valence-corrected chi connectivity index (χ3v) is 3.33. The number of likely N-dealkylation sites (tertiary alicyclic amines) is 1. The Kier molecular flexibility index (Phi) is 4.61. The van der Waals surface area contributed by atoms with Gasteiger partial charge in [-0.05, 0) is 57.5 Å². The summed E-state index contributed by atoms with van der Waals surface area (Å²) in [7, 11) is 0. The molecule has 1 aliphatic rings. The molecule has 0 saturated carbocycles. The smallest absolute Gasteiger partial charge is 0.119 e. The molecule has 0 radical (unpaired) electrons. The lowest BCUT2D eigenvalue weighted by Gasteiger charge is -2.30. The maximum absolute atomic E-state index is 5.91. The van der Waals surface area contributed by atoms with Crippen LogP contribution in [-0.2, 0) is 6.54 Å². The highest BCUT2D eigenvalue weighted by molar-refractivity contribution is 5.27. The minimum atomic E-state index is 0.236. The summed E-state index contributed by atoms with van der Waals surface area (Å²) in [6, 6.07) is 8.84. The molecule has 3 heteroatoms. The van der Waals surface area contributed by atoms with Crippen molar-refractivity contribution >= 4 is 0 Å². The molecule has 1 aromatic carbocycles. The fraction of sp³-hybridized carbons (Fsp3) is 0.600. The van der Waals surface area contributed by atoms with E-state index in [0.717, 1.165) is 38.2 Å². The van der Waals surface area contributed by atoms with Crippen LogP contribution in [0.3, 0.4) is 0 Å². The Morgan fingerprint density at radius 1 is 1.22 bits per heavy atom. The van der Waals surface area contributed by atoms with Gasteiger partial charge >= 0.3 is 0 Å². The topological polar surface area (TPSA) is 38.5 Å². The summed E-state index contributed by atoms with van der Waals surface area (Å²) in [4.78, 5) is 2.47. The van der Waals surface area contributed by atoms with Gasteiger partial charge in [-0.2, -0.15) is 0 Å². The number of benzene rings is 1. The Morgan fingerprint density at radius 3 is 2.39 bits per heavy atom. The van der Waals surface area contributed by atoms with Gasteiger partial charge < -0.3 is 10.5 Å². The van der Waals surface area contributed by atoms with E-state index < -0.39 is 0 Å². The summed E-state index contributed by atoms with van der Waals surface area (Å²) in [6.07, 6.45) is 2.47. The molecular weight excluding hydrogens is 224 g/mol. The molecule has 18 heavy (non-hydrogen) atoms. The van der Waals surface area contributed by atoms with Gasteiger partial charge in [0.15, 0.2) is 0 Å². The second-order valence-corrected chi connectivity index (χ2v) is 5.42. The molecule has 100 valence electrons. The van der Waals surface area contributed by atoms with E-state index in [4.69, 9.17) is 10.5 Å². The normalized spacial score (nSPS) is 18.2. The first-order valence-electron chi connectivity index (χ1n) is 6.87. The van der Waals surface area contributed by atoms with Crippen molar-refractivity contribution in [2.75, 3.05) is 13.1 Å². The average molecular weight is 248 g/mol. The van der Waals surface area contributed by atoms with Gasteiger partial charge in [0.25, 0.3) is 0 Å². The molecular formula is C15H24N2O. The third-order valence-electron chi connectivity index (χ3n) is 3.33. The van der Waals surface area contributed by atoms with Crippen LogP contribution in [0.5, 0.6) is 5.75 Å². The molecule has 0 spiro atoms. The van der Waals surface area contributed by atoms with Gasteiger partial charge in [-0.25, -0.2) is 0 Å². The molecule has 0 bridgehead atoms. The second kappa shape index (κ2) is 6.21. The Labute approximate surface area is 110 Å². The summed E-state index contributed by atoms with van der Waals surface area (Å²) in [6.45, 7) is 7.35. The number of piperidine rings is 1. The molecule has 0 unspecified atom stereocenters. The Bertz CT molecular complexity index is 353. The summed E-state index contributed by atoms with van der Waals surface area (Å²) >= 11 is 0. The van der Waals surface area contributed by atoms with Gasteiger partial charge in [0.2, 0.25) is 0 Å². The highest BCUT2D eigenvalue weighted by atomic mass is 16.5. The van der Waals surface area contributed by atoms with Crippen LogP contribution < -0.4 is 10.5 Å². The Hall–Kier alpha value is -1.06. The van der Waals surface area contributed by atoms with Crippen LogP contribution in [0, 0.1) is 0 Å². The number of hydrogen-bond donors (Lipinski definition) is 1. The predicted octanol–water partition coefficient (Wildman–Crippen LogP) is 2.40. The molecule has 2 rings (SSSR count). The van der Waals surface area contributed by atoms with Crippen molar-refractivity contribution in [3.8, 4) is 5.75 Å². The predicted molar refractivity (Wildman–Crippen MR) is 74.7 cm³/mol. The van der Waals surface area contributed by atoms with Crippen LogP contribution >= 0.6 is 0 Å². The molecule has 0 amide bonds. The Balaban J connectivity index is 1.86. The number of rotatable bonds is 4. The molecule has 1 aliphatic heterocycles. The first kappa shape index (κ1) is 13.4. The lowest BCUT2D eigenvalue weighted by atomic mass is 10.1. The standard InChI is InChI=1S/C15H24N2O/c1-12(2)18-15-5-3-13(4-6-15)11-17-9-7-14(16)8-10-17/h3-6,12,14H,7-11,16H2,1-2H3. The van der Waals surface area contributed by atoms with E-state index in [1.807, 2.05) is 13.8 Å². The van der Waals surface area contributed by atoms with Crippen molar-refractivity contribution in [2.45, 2.75) is 45.4 Å². The quantitative estimate of drug-likeness (QED) is 0.889. The molecule has 1 saturated heterocycles. The molecule has 1 fully saturated rings. The zero-order valence-corrected chi connectivity index (χ0v) is 11.4. The third kappa shape index (κ3) is 4.00. The molecule has 1 heterocycles. The SMILES string of the molecule is CC(C)Oc1ccc(CN2CCC(N)CC2)cc1. The fourth-order valence-corrected chi connectivity index (χ4v) is 2.31. The van der Waals surface area contributed by atoms with E-state index in [1.165, 1.54) is 5.56 Å². The van der Waals surface area contributed by atoms with Gasteiger partial charge in [-0.1, -0.05) is 12.1 Å². The largest absolute Gasteiger partial charge is 0.491 e. The van der Waals surface area contributed by atoms with Crippen LogP contribution in [0.15, 0.2) is 24.3 Å². The molecule has 3 nitrogen and oxygen atoms in total. The highest BCUT2D eigenvalue weighted by Crippen LogP contribution is 2.17. The Morgan fingerprint density at radius 2 is 1.83 bits per heavy atom. The van der Waals surface area contributed by atoms with Gasteiger partial charge in [0, 0.05) is 12.6 Å². The van der Waals surface area contributed by atoms with E-state index in [9.17, 15) is 0 Å². The van der Waals surface area contributed by atoms with Crippen LogP contribution in [0.1, 0.15) is 32.3 Å². The van der Waals surface area contributed by atoms with E-state index in [-0.39, 0.29) is 6.10 Å². The van der Waals surface area contributed by atoms with Crippen molar-refractivity contribution in [3.63, 3.8) is 0 Å². The van der Waals surface area contributed by atoms with Crippen LogP contribution in [-0.4, -0.2) is 30.1 Å². The molecule has 0 atom stereocenters. The van der Waals surface area contributed by atoms with Crippen LogP contribution in [0.2, 0.25) is 0 Å². The lowest BCUT2D eigenvalue weighted by Crippen LogP contribution is -2.39. The van der Waals surface area contributed by atoms with Gasteiger partial charge in [-0.15, -0.1) is 0 Å². The minimum Gasteiger partial charge on any atom is -0.491 e. The second-order valence-electron chi connectivity index (χ2n) is 5.42. The van der Waals surface area contributed by atoms with Gasteiger partial charge in [0.05, 0.1) is 6.10 Å². The lowest BCUT2D eigenvalue weighted by molar-refractivity contribution is 0.205. The van der Waals surface area contributed by atoms with Crippen molar-refractivity contribution < 1.29 is 4.74 Å². The maximum Gasteiger partial charge on any atom is 0.119 e.